The minimum Gasteiger partial charge on any atom is -0.508 e. The topological polar surface area (TPSA) is 115 Å². The standard InChI is InChI=1S/C19H20O6/c1-9-7-10-5-6-18(24)17(23)14-11(3-2-4-12(14)20)16(22)19(18,25)15(10)13(21)8-9/h2-4,9,17,20,23-25H,5-8H2,1H3/t9-,17-,18+,19+/m0/s1. The van der Waals surface area contributed by atoms with Gasteiger partial charge in [-0.25, -0.2) is 0 Å². The van der Waals surface area contributed by atoms with Crippen molar-refractivity contribution in [1.82, 2.24) is 0 Å². The molecule has 0 spiro atoms. The molecule has 1 aromatic rings. The summed E-state index contributed by atoms with van der Waals surface area (Å²) in [5.41, 5.74) is -4.28. The van der Waals surface area contributed by atoms with Crippen molar-refractivity contribution >= 4 is 11.6 Å². The van der Waals surface area contributed by atoms with Crippen molar-refractivity contribution in [2.45, 2.75) is 49.9 Å². The van der Waals surface area contributed by atoms with Gasteiger partial charge in [-0.3, -0.25) is 9.59 Å². The predicted molar refractivity (Wildman–Crippen MR) is 87.0 cm³/mol. The minimum absolute atomic E-state index is 0.0580. The normalized spacial score (nSPS) is 37.4. The molecule has 0 aromatic heterocycles. The number of benzene rings is 1. The van der Waals surface area contributed by atoms with Gasteiger partial charge in [-0.15, -0.1) is 0 Å². The molecule has 0 heterocycles. The van der Waals surface area contributed by atoms with E-state index in [0.29, 0.717) is 18.4 Å². The maximum atomic E-state index is 13.1. The van der Waals surface area contributed by atoms with Crippen molar-refractivity contribution in [2.75, 3.05) is 0 Å². The molecule has 0 bridgehead atoms. The van der Waals surface area contributed by atoms with E-state index in [2.05, 4.69) is 0 Å². The molecule has 0 saturated heterocycles. The number of hydrogen-bond acceptors (Lipinski definition) is 6. The van der Waals surface area contributed by atoms with E-state index in [1.165, 1.54) is 18.2 Å². The lowest BCUT2D eigenvalue weighted by molar-refractivity contribution is -0.184. The minimum atomic E-state index is -2.49. The Hall–Kier alpha value is -2.02. The molecule has 0 amide bonds. The predicted octanol–water partition coefficient (Wildman–Crippen LogP) is 1.17. The van der Waals surface area contributed by atoms with Crippen LogP contribution in [0.2, 0.25) is 0 Å². The van der Waals surface area contributed by atoms with Crippen molar-refractivity contribution in [3.05, 3.63) is 40.5 Å². The zero-order valence-corrected chi connectivity index (χ0v) is 13.8. The number of hydrogen-bond donors (Lipinski definition) is 4. The van der Waals surface area contributed by atoms with Crippen LogP contribution in [0.15, 0.2) is 29.3 Å². The van der Waals surface area contributed by atoms with Gasteiger partial charge in [0.05, 0.1) is 0 Å². The largest absolute Gasteiger partial charge is 0.508 e. The van der Waals surface area contributed by atoms with Crippen LogP contribution in [-0.2, 0) is 4.79 Å². The highest BCUT2D eigenvalue weighted by Gasteiger charge is 2.68. The number of phenols is 1. The lowest BCUT2D eigenvalue weighted by atomic mass is 9.55. The Morgan fingerprint density at radius 1 is 1.16 bits per heavy atom. The number of carbonyl (C=O) groups is 2. The highest BCUT2D eigenvalue weighted by molar-refractivity contribution is 6.16. The van der Waals surface area contributed by atoms with Gasteiger partial charge in [0, 0.05) is 23.1 Å². The Labute approximate surface area is 144 Å². The Bertz CT molecular complexity index is 840. The third kappa shape index (κ3) is 1.84. The summed E-state index contributed by atoms with van der Waals surface area (Å²) >= 11 is 0. The SMILES string of the molecule is C[C@@H]1CC(=O)C2=C(CC[C@@]3(O)[C@@H](O)c4c(O)cccc4C(=O)[C@]23O)C1. The molecule has 3 aliphatic carbocycles. The van der Waals surface area contributed by atoms with E-state index in [4.69, 9.17) is 0 Å². The zero-order valence-electron chi connectivity index (χ0n) is 13.8. The van der Waals surface area contributed by atoms with Crippen LogP contribution in [0.1, 0.15) is 54.6 Å². The number of Topliss-reactive ketones (excluding diaryl/α,β-unsaturated/α-hetero) is 2. The van der Waals surface area contributed by atoms with E-state index in [1.54, 1.807) is 0 Å². The van der Waals surface area contributed by atoms with E-state index in [-0.39, 0.29) is 47.0 Å². The average Bonchev–Trinajstić information content (AvgIpc) is 2.55. The molecule has 4 N–H and O–H groups in total. The second-order valence-corrected chi connectivity index (χ2v) is 7.52. The summed E-state index contributed by atoms with van der Waals surface area (Å²) in [4.78, 5) is 25.8. The van der Waals surface area contributed by atoms with Gasteiger partial charge in [0.25, 0.3) is 0 Å². The first-order valence-corrected chi connectivity index (χ1v) is 8.47. The van der Waals surface area contributed by atoms with Gasteiger partial charge >= 0.3 is 0 Å². The molecule has 0 saturated carbocycles. The second kappa shape index (κ2) is 5.00. The molecule has 4 atom stereocenters. The molecular weight excluding hydrogens is 324 g/mol. The molecule has 25 heavy (non-hydrogen) atoms. The van der Waals surface area contributed by atoms with Crippen molar-refractivity contribution in [2.24, 2.45) is 5.92 Å². The van der Waals surface area contributed by atoms with Crippen molar-refractivity contribution in [1.29, 1.82) is 0 Å². The Kier molecular flexibility index (Phi) is 3.29. The smallest absolute Gasteiger partial charge is 0.202 e. The number of aliphatic hydroxyl groups is 3. The number of phenolic OH excluding ortho intramolecular Hbond substituents is 1. The lowest BCUT2D eigenvalue weighted by Gasteiger charge is -2.53. The molecule has 132 valence electrons. The van der Waals surface area contributed by atoms with Crippen molar-refractivity contribution in [3.63, 3.8) is 0 Å². The third-order valence-corrected chi connectivity index (χ3v) is 5.94. The van der Waals surface area contributed by atoms with Gasteiger partial charge in [-0.05, 0) is 31.2 Å². The van der Waals surface area contributed by atoms with Crippen molar-refractivity contribution < 1.29 is 30.0 Å². The van der Waals surface area contributed by atoms with Crippen LogP contribution in [0.5, 0.6) is 5.75 Å². The van der Waals surface area contributed by atoms with Gasteiger partial charge in [-0.2, -0.15) is 0 Å². The maximum absolute atomic E-state index is 13.1. The van der Waals surface area contributed by atoms with Gasteiger partial charge in [0.1, 0.15) is 17.5 Å². The van der Waals surface area contributed by atoms with Crippen LogP contribution < -0.4 is 0 Å². The fourth-order valence-corrected chi connectivity index (χ4v) is 4.75. The van der Waals surface area contributed by atoms with Crippen LogP contribution in [0.3, 0.4) is 0 Å². The monoisotopic (exact) mass is 344 g/mol. The molecule has 0 unspecified atom stereocenters. The number of fused-ring (bicyclic) bond motifs is 3. The van der Waals surface area contributed by atoms with E-state index in [0.717, 1.165) is 0 Å². The summed E-state index contributed by atoms with van der Waals surface area (Å²) in [7, 11) is 0. The number of ketones is 2. The molecule has 1 aromatic carbocycles. The van der Waals surface area contributed by atoms with E-state index in [9.17, 15) is 30.0 Å². The molecule has 0 radical (unpaired) electrons. The maximum Gasteiger partial charge on any atom is 0.202 e. The van der Waals surface area contributed by atoms with E-state index in [1.807, 2.05) is 6.92 Å². The molecule has 3 aliphatic rings. The summed E-state index contributed by atoms with van der Waals surface area (Å²) in [5.74, 6) is -1.42. The van der Waals surface area contributed by atoms with Gasteiger partial charge < -0.3 is 20.4 Å². The number of aromatic hydroxyl groups is 1. The van der Waals surface area contributed by atoms with Gasteiger partial charge in [0.15, 0.2) is 11.4 Å². The highest BCUT2D eigenvalue weighted by atomic mass is 16.4. The van der Waals surface area contributed by atoms with Crippen LogP contribution in [0, 0.1) is 5.92 Å². The number of allylic oxidation sites excluding steroid dienone is 1. The Morgan fingerprint density at radius 3 is 2.60 bits per heavy atom. The summed E-state index contributed by atoms with van der Waals surface area (Å²) < 4.78 is 0. The Morgan fingerprint density at radius 2 is 1.88 bits per heavy atom. The molecule has 6 heteroatoms. The van der Waals surface area contributed by atoms with Crippen LogP contribution >= 0.6 is 0 Å². The first-order valence-electron chi connectivity index (χ1n) is 8.47. The van der Waals surface area contributed by atoms with E-state index < -0.39 is 23.1 Å². The van der Waals surface area contributed by atoms with Crippen LogP contribution in [0.4, 0.5) is 0 Å². The Balaban J connectivity index is 2.01. The number of carbonyl (C=O) groups excluding carboxylic acids is 2. The molecule has 4 rings (SSSR count). The lowest BCUT2D eigenvalue weighted by Crippen LogP contribution is -2.68. The fraction of sp³-hybridized carbons (Fsp3) is 0.474. The summed E-state index contributed by atoms with van der Waals surface area (Å²) in [6.07, 6.45) is -0.656. The highest BCUT2D eigenvalue weighted by Crippen LogP contribution is 2.56. The van der Waals surface area contributed by atoms with Crippen molar-refractivity contribution in [3.8, 4) is 5.75 Å². The average molecular weight is 344 g/mol. The first kappa shape index (κ1) is 16.4. The molecular formula is C19H20O6. The van der Waals surface area contributed by atoms with Crippen LogP contribution in [0.25, 0.3) is 0 Å². The zero-order chi connectivity index (χ0) is 18.1. The van der Waals surface area contributed by atoms with Crippen LogP contribution in [-0.4, -0.2) is 43.2 Å². The summed E-state index contributed by atoms with van der Waals surface area (Å²) in [6.45, 7) is 1.93. The van der Waals surface area contributed by atoms with Gasteiger partial charge in [-0.1, -0.05) is 24.6 Å². The summed E-state index contributed by atoms with van der Waals surface area (Å²) in [6, 6.07) is 4.11. The number of rotatable bonds is 0. The van der Waals surface area contributed by atoms with E-state index >= 15 is 0 Å². The summed E-state index contributed by atoms with van der Waals surface area (Å²) in [5, 5.41) is 43.3. The second-order valence-electron chi connectivity index (χ2n) is 7.52. The quantitative estimate of drug-likeness (QED) is 0.562. The third-order valence-electron chi connectivity index (χ3n) is 5.94. The van der Waals surface area contributed by atoms with Gasteiger partial charge in [0.2, 0.25) is 5.78 Å². The molecule has 0 aliphatic heterocycles. The fourth-order valence-electron chi connectivity index (χ4n) is 4.75. The number of aliphatic hydroxyl groups excluding tert-OH is 1. The first-order chi connectivity index (χ1) is 11.7. The molecule has 0 fully saturated rings. The molecule has 6 nitrogen and oxygen atoms in total.